The van der Waals surface area contributed by atoms with Crippen LogP contribution in [-0.2, 0) is 0 Å². The number of benzene rings is 13. The van der Waals surface area contributed by atoms with Crippen molar-refractivity contribution in [1.82, 2.24) is 0 Å². The number of hydrogen-bond acceptors (Lipinski definition) is 4. The van der Waals surface area contributed by atoms with Crippen LogP contribution in [0.5, 0.6) is 0 Å². The van der Waals surface area contributed by atoms with E-state index >= 15 is 0 Å². The minimum absolute atomic E-state index is 1.12. The van der Waals surface area contributed by atoms with E-state index in [1.54, 1.807) is 0 Å². The second kappa shape index (κ2) is 26.8. The molecule has 0 heterocycles. The SMILES string of the molecule is C/C=C(\C)N(c1ccccc1)c1ccc(-c2cccc(-c3ccc(N(c4ccccc4)c4ccccc4)cc3)c2)cc1.c1ccc(N(c2ccccc2)c2ccccc2-c2cccc(-c3ccccc3N(c3ccccc3)c3ccccc3)c2)cc1. The van der Waals surface area contributed by atoms with Gasteiger partial charge in [-0.25, -0.2) is 0 Å². The molecule has 4 nitrogen and oxygen atoms in total. The Balaban J connectivity index is 0.000000169. The monoisotopic (exact) mass is 1110 g/mol. The van der Waals surface area contributed by atoms with Gasteiger partial charge in [-0.05, 0) is 181 Å². The molecule has 0 saturated heterocycles. The summed E-state index contributed by atoms with van der Waals surface area (Å²) in [6, 6.07) is 127. The standard InChI is InChI=1S/C42H32N2.C40H34N2/c1-5-20-35(21-6-1)43(36-22-7-2-8-23-36)41-30-15-13-28-39(41)33-18-17-19-34(32-33)40-29-14-16-31-42(40)44(37-24-9-3-10-25-37)38-26-11-4-12-27-38;1-3-31(2)41(36-16-7-4-8-17-36)39-26-22-32(23-27-39)34-14-13-15-35(30-34)33-24-28-40(29-25-33)42(37-18-9-5-10-19-37)38-20-11-6-12-21-38/h1-32H;3-30H,1-2H3/b;31-3+. The van der Waals surface area contributed by atoms with E-state index in [-0.39, 0.29) is 0 Å². The number of anilines is 11. The summed E-state index contributed by atoms with van der Waals surface area (Å²) in [5, 5.41) is 0. The first kappa shape index (κ1) is 55.3. The Morgan fingerprint density at radius 3 is 0.826 bits per heavy atom. The van der Waals surface area contributed by atoms with Gasteiger partial charge in [0.05, 0.1) is 11.4 Å². The normalized spacial score (nSPS) is 11.0. The highest BCUT2D eigenvalue weighted by Gasteiger charge is 2.20. The van der Waals surface area contributed by atoms with Crippen LogP contribution in [0.25, 0.3) is 44.5 Å². The van der Waals surface area contributed by atoms with Gasteiger partial charge in [-0.3, -0.25) is 0 Å². The lowest BCUT2D eigenvalue weighted by Gasteiger charge is -2.28. The van der Waals surface area contributed by atoms with Gasteiger partial charge in [0.1, 0.15) is 0 Å². The van der Waals surface area contributed by atoms with Gasteiger partial charge < -0.3 is 19.6 Å². The molecule has 0 N–H and O–H groups in total. The van der Waals surface area contributed by atoms with Crippen LogP contribution < -0.4 is 19.6 Å². The van der Waals surface area contributed by atoms with Crippen LogP contribution in [0.3, 0.4) is 0 Å². The first-order chi connectivity index (χ1) is 42.6. The molecule has 4 heteroatoms. The summed E-state index contributed by atoms with van der Waals surface area (Å²) in [4.78, 5) is 9.25. The summed E-state index contributed by atoms with van der Waals surface area (Å²) in [5.41, 5.74) is 23.1. The molecule has 0 aliphatic rings. The highest BCUT2D eigenvalue weighted by atomic mass is 15.2. The third kappa shape index (κ3) is 12.6. The van der Waals surface area contributed by atoms with Crippen LogP contribution >= 0.6 is 0 Å². The minimum atomic E-state index is 1.12. The molecule has 0 atom stereocenters. The molecular formula is C82H66N4. The van der Waals surface area contributed by atoms with Crippen molar-refractivity contribution in [3.05, 3.63) is 370 Å². The first-order valence-corrected chi connectivity index (χ1v) is 29.4. The topological polar surface area (TPSA) is 13.0 Å². The minimum Gasteiger partial charge on any atom is -0.315 e. The molecule has 0 aromatic heterocycles. The molecule has 414 valence electrons. The molecule has 0 amide bonds. The maximum absolute atomic E-state index is 2.34. The van der Waals surface area contributed by atoms with Crippen LogP contribution in [0, 0.1) is 0 Å². The van der Waals surface area contributed by atoms with E-state index in [0.29, 0.717) is 0 Å². The lowest BCUT2D eigenvalue weighted by atomic mass is 9.96. The van der Waals surface area contributed by atoms with Gasteiger partial charge in [0.15, 0.2) is 0 Å². The van der Waals surface area contributed by atoms with Crippen LogP contribution in [0.1, 0.15) is 13.8 Å². The van der Waals surface area contributed by atoms with E-state index in [1.165, 1.54) is 39.1 Å². The van der Waals surface area contributed by atoms with Crippen molar-refractivity contribution in [3.63, 3.8) is 0 Å². The van der Waals surface area contributed by atoms with Crippen molar-refractivity contribution >= 4 is 62.6 Å². The van der Waals surface area contributed by atoms with Gasteiger partial charge >= 0.3 is 0 Å². The third-order valence-corrected chi connectivity index (χ3v) is 15.4. The fourth-order valence-corrected chi connectivity index (χ4v) is 11.2. The zero-order chi connectivity index (χ0) is 58.3. The van der Waals surface area contributed by atoms with Gasteiger partial charge in [-0.1, -0.05) is 231 Å². The van der Waals surface area contributed by atoms with E-state index in [1.807, 2.05) is 0 Å². The average molecular weight is 1110 g/mol. The van der Waals surface area contributed by atoms with E-state index in [4.69, 9.17) is 0 Å². The van der Waals surface area contributed by atoms with Gasteiger partial charge in [0.2, 0.25) is 0 Å². The predicted octanol–water partition coefficient (Wildman–Crippen LogP) is 23.5. The first-order valence-electron chi connectivity index (χ1n) is 29.4. The summed E-state index contributed by atoms with van der Waals surface area (Å²) in [5.74, 6) is 0. The Bertz CT molecular complexity index is 4010. The van der Waals surface area contributed by atoms with Crippen LogP contribution in [0.15, 0.2) is 370 Å². The zero-order valence-corrected chi connectivity index (χ0v) is 48.4. The Hall–Kier alpha value is -11.2. The number of allylic oxidation sites excluding steroid dienone is 2. The Morgan fingerprint density at radius 1 is 0.221 bits per heavy atom. The van der Waals surface area contributed by atoms with Gasteiger partial charge in [0.25, 0.3) is 0 Å². The van der Waals surface area contributed by atoms with Crippen molar-refractivity contribution < 1.29 is 0 Å². The molecule has 0 fully saturated rings. The van der Waals surface area contributed by atoms with Crippen LogP contribution in [-0.4, -0.2) is 0 Å². The Kier molecular flexibility index (Phi) is 17.2. The molecule has 0 radical (unpaired) electrons. The predicted molar refractivity (Wildman–Crippen MR) is 367 cm³/mol. The van der Waals surface area contributed by atoms with Crippen molar-refractivity contribution in [2.24, 2.45) is 0 Å². The average Bonchev–Trinajstić information content (AvgIpc) is 2.55. The van der Waals surface area contributed by atoms with Crippen LogP contribution in [0.4, 0.5) is 62.6 Å². The summed E-state index contributed by atoms with van der Waals surface area (Å²) >= 11 is 0. The van der Waals surface area contributed by atoms with E-state index in [0.717, 1.165) is 73.7 Å². The second-order valence-corrected chi connectivity index (χ2v) is 20.9. The number of nitrogens with zero attached hydrogens (tertiary/aromatic N) is 4. The maximum atomic E-state index is 2.34. The van der Waals surface area contributed by atoms with Crippen molar-refractivity contribution in [2.75, 3.05) is 19.6 Å². The summed E-state index contributed by atoms with van der Waals surface area (Å²) in [7, 11) is 0. The summed E-state index contributed by atoms with van der Waals surface area (Å²) in [6.45, 7) is 4.23. The number of hydrogen-bond donors (Lipinski definition) is 0. The number of rotatable bonds is 16. The summed E-state index contributed by atoms with van der Waals surface area (Å²) < 4.78 is 0. The van der Waals surface area contributed by atoms with Gasteiger partial charge in [-0.15, -0.1) is 0 Å². The maximum Gasteiger partial charge on any atom is 0.0540 e. The molecule has 0 unspecified atom stereocenters. The Labute approximate surface area is 507 Å². The van der Waals surface area contributed by atoms with Crippen LogP contribution in [0.2, 0.25) is 0 Å². The van der Waals surface area contributed by atoms with E-state index in [9.17, 15) is 0 Å². The molecule has 0 saturated carbocycles. The molecule has 13 aromatic carbocycles. The van der Waals surface area contributed by atoms with Crippen molar-refractivity contribution in [3.8, 4) is 44.5 Å². The Morgan fingerprint density at radius 2 is 0.477 bits per heavy atom. The molecule has 0 aliphatic carbocycles. The molecule has 86 heavy (non-hydrogen) atoms. The molecular weight excluding hydrogens is 1040 g/mol. The third-order valence-electron chi connectivity index (χ3n) is 15.4. The second-order valence-electron chi connectivity index (χ2n) is 20.9. The van der Waals surface area contributed by atoms with Crippen molar-refractivity contribution in [2.45, 2.75) is 13.8 Å². The van der Waals surface area contributed by atoms with E-state index in [2.05, 4.69) is 397 Å². The fraction of sp³-hybridized carbons (Fsp3) is 0.0244. The van der Waals surface area contributed by atoms with Gasteiger partial charge in [-0.2, -0.15) is 0 Å². The lowest BCUT2D eigenvalue weighted by Crippen LogP contribution is -2.13. The molecule has 0 bridgehead atoms. The molecule has 13 rings (SSSR count). The van der Waals surface area contributed by atoms with E-state index < -0.39 is 0 Å². The highest BCUT2D eigenvalue weighted by molar-refractivity contribution is 5.92. The van der Waals surface area contributed by atoms with Gasteiger partial charge in [0, 0.05) is 68.0 Å². The number of para-hydroxylation sites is 9. The lowest BCUT2D eigenvalue weighted by molar-refractivity contribution is 1.15. The zero-order valence-electron chi connectivity index (χ0n) is 48.4. The smallest absolute Gasteiger partial charge is 0.0540 e. The molecule has 0 aliphatic heterocycles. The largest absolute Gasteiger partial charge is 0.315 e. The molecule has 13 aromatic rings. The van der Waals surface area contributed by atoms with Crippen molar-refractivity contribution in [1.29, 1.82) is 0 Å². The summed E-state index contributed by atoms with van der Waals surface area (Å²) in [6.07, 6.45) is 2.15. The quantitative estimate of drug-likeness (QED) is 0.0956. The fourth-order valence-electron chi connectivity index (χ4n) is 11.2. The molecule has 0 spiro atoms. The highest BCUT2D eigenvalue weighted by Crippen LogP contribution is 2.45.